The molecule has 3 aromatic rings. The predicted octanol–water partition coefficient (Wildman–Crippen LogP) is 3.56. The van der Waals surface area contributed by atoms with Crippen molar-refractivity contribution in [3.05, 3.63) is 105 Å². The van der Waals surface area contributed by atoms with Gasteiger partial charge in [0.15, 0.2) is 0 Å². The number of para-hydroxylation sites is 1. The topological polar surface area (TPSA) is 131 Å². The second-order valence-electron chi connectivity index (χ2n) is 6.72. The van der Waals surface area contributed by atoms with E-state index in [1.54, 1.807) is 48.5 Å². The lowest BCUT2D eigenvalue weighted by Crippen LogP contribution is -2.20. The molecule has 9 heteroatoms. The van der Waals surface area contributed by atoms with Gasteiger partial charge in [0.1, 0.15) is 12.4 Å². The number of ether oxygens (including phenoxy) is 1. The van der Waals surface area contributed by atoms with Gasteiger partial charge >= 0.3 is 5.97 Å². The lowest BCUT2D eigenvalue weighted by Gasteiger charge is -2.07. The van der Waals surface area contributed by atoms with E-state index >= 15 is 0 Å². The molecule has 162 valence electrons. The van der Waals surface area contributed by atoms with Crippen molar-refractivity contribution >= 4 is 23.8 Å². The summed E-state index contributed by atoms with van der Waals surface area (Å²) in [6, 6.07) is 19.5. The minimum Gasteiger partial charge on any atom is -0.489 e. The van der Waals surface area contributed by atoms with E-state index in [9.17, 15) is 19.7 Å². The zero-order valence-corrected chi connectivity index (χ0v) is 16.8. The van der Waals surface area contributed by atoms with Crippen LogP contribution in [-0.4, -0.2) is 28.1 Å². The summed E-state index contributed by atoms with van der Waals surface area (Å²) in [5.41, 5.74) is 4.18. The number of aromatic carboxylic acids is 1. The number of carboxylic acid groups (broad SMARTS) is 1. The molecule has 2 N–H and O–H groups in total. The number of nitrogens with one attached hydrogen (secondary N) is 1. The molecule has 0 saturated carbocycles. The summed E-state index contributed by atoms with van der Waals surface area (Å²) < 4.78 is 5.66. The number of carbonyl (C=O) groups is 2. The summed E-state index contributed by atoms with van der Waals surface area (Å²) in [4.78, 5) is 33.5. The normalized spacial score (nSPS) is 10.6. The summed E-state index contributed by atoms with van der Waals surface area (Å²) in [7, 11) is 0. The molecule has 0 aromatic heterocycles. The van der Waals surface area contributed by atoms with Crippen molar-refractivity contribution in [2.45, 2.75) is 13.0 Å². The highest BCUT2D eigenvalue weighted by Crippen LogP contribution is 2.18. The Bertz CT molecular complexity index is 1160. The van der Waals surface area contributed by atoms with Gasteiger partial charge in [-0.1, -0.05) is 30.3 Å². The summed E-state index contributed by atoms with van der Waals surface area (Å²) in [6.07, 6.45) is 1.28. The number of amides is 1. The molecular weight excluding hydrogens is 414 g/mol. The molecule has 32 heavy (non-hydrogen) atoms. The molecule has 0 radical (unpaired) electrons. The number of hydrogen-bond donors (Lipinski definition) is 2. The zero-order valence-electron chi connectivity index (χ0n) is 16.8. The molecule has 0 atom stereocenters. The third-order valence-electron chi connectivity index (χ3n) is 4.40. The number of hydrazone groups is 1. The fourth-order valence-electron chi connectivity index (χ4n) is 2.84. The minimum atomic E-state index is -0.996. The molecule has 0 saturated heterocycles. The van der Waals surface area contributed by atoms with Crippen LogP contribution in [0.3, 0.4) is 0 Å². The van der Waals surface area contributed by atoms with Gasteiger partial charge in [-0.2, -0.15) is 5.10 Å². The number of nitro groups is 1. The van der Waals surface area contributed by atoms with Gasteiger partial charge in [0, 0.05) is 11.6 Å². The lowest BCUT2D eigenvalue weighted by atomic mass is 10.1. The first-order chi connectivity index (χ1) is 15.4. The predicted molar refractivity (Wildman–Crippen MR) is 117 cm³/mol. The first kappa shape index (κ1) is 22.2. The maximum absolute atomic E-state index is 12.0. The van der Waals surface area contributed by atoms with Gasteiger partial charge in [-0.25, -0.2) is 10.2 Å². The molecule has 0 bridgehead atoms. The van der Waals surface area contributed by atoms with Crippen molar-refractivity contribution < 1.29 is 24.4 Å². The van der Waals surface area contributed by atoms with E-state index in [1.807, 2.05) is 0 Å². The third-order valence-corrected chi connectivity index (χ3v) is 4.40. The van der Waals surface area contributed by atoms with Gasteiger partial charge in [0.05, 0.1) is 23.1 Å². The maximum Gasteiger partial charge on any atom is 0.335 e. The molecule has 0 unspecified atom stereocenters. The largest absolute Gasteiger partial charge is 0.489 e. The van der Waals surface area contributed by atoms with Crippen LogP contribution >= 0.6 is 0 Å². The Hall–Kier alpha value is -4.53. The van der Waals surface area contributed by atoms with Crippen LogP contribution in [0.4, 0.5) is 5.69 Å². The quantitative estimate of drug-likeness (QED) is 0.301. The molecule has 3 aromatic carbocycles. The van der Waals surface area contributed by atoms with Gasteiger partial charge in [-0.05, 0) is 47.5 Å². The van der Waals surface area contributed by atoms with E-state index in [4.69, 9.17) is 9.84 Å². The van der Waals surface area contributed by atoms with E-state index in [0.29, 0.717) is 16.9 Å². The Morgan fingerprint density at radius 3 is 2.53 bits per heavy atom. The molecule has 0 fully saturated rings. The monoisotopic (exact) mass is 433 g/mol. The van der Waals surface area contributed by atoms with Crippen molar-refractivity contribution in [2.24, 2.45) is 5.10 Å². The first-order valence-electron chi connectivity index (χ1n) is 9.51. The second-order valence-corrected chi connectivity index (χ2v) is 6.72. The van der Waals surface area contributed by atoms with E-state index in [-0.39, 0.29) is 24.3 Å². The number of benzene rings is 3. The standard InChI is InChI=1S/C23H19N3O6/c27-22(13-18-5-1-2-7-21(18)26(30)31)25-24-14-16-8-10-20(11-9-16)32-15-17-4-3-6-19(12-17)23(28)29/h1-12,14H,13,15H2,(H,25,27)(H,28,29)/b24-14+. The maximum atomic E-state index is 12.0. The smallest absolute Gasteiger partial charge is 0.335 e. The SMILES string of the molecule is O=C(Cc1ccccc1[N+](=O)[O-])N/N=C/c1ccc(OCc2cccc(C(=O)O)c2)cc1. The Labute approximate surface area is 183 Å². The molecule has 0 aliphatic carbocycles. The molecule has 9 nitrogen and oxygen atoms in total. The van der Waals surface area contributed by atoms with Crippen molar-refractivity contribution in [2.75, 3.05) is 0 Å². The fourth-order valence-corrected chi connectivity index (χ4v) is 2.84. The number of carboxylic acids is 1. The van der Waals surface area contributed by atoms with Crippen molar-refractivity contribution in [1.29, 1.82) is 0 Å². The summed E-state index contributed by atoms with van der Waals surface area (Å²) >= 11 is 0. The number of nitro benzene ring substituents is 1. The van der Waals surface area contributed by atoms with Crippen molar-refractivity contribution in [3.63, 3.8) is 0 Å². The second kappa shape index (κ2) is 10.5. The van der Waals surface area contributed by atoms with E-state index < -0.39 is 16.8 Å². The number of nitrogens with zero attached hydrogens (tertiary/aromatic N) is 2. The highest BCUT2D eigenvalue weighted by molar-refractivity contribution is 5.87. The molecule has 0 spiro atoms. The Kier molecular flexibility index (Phi) is 7.26. The van der Waals surface area contributed by atoms with Gasteiger partial charge in [0.2, 0.25) is 5.91 Å². The summed E-state index contributed by atoms with van der Waals surface area (Å²) in [5, 5.41) is 23.9. The average molecular weight is 433 g/mol. The minimum absolute atomic E-state index is 0.114. The number of rotatable bonds is 9. The number of carbonyl (C=O) groups excluding carboxylic acids is 1. The van der Waals surface area contributed by atoms with Crippen molar-refractivity contribution in [3.8, 4) is 5.75 Å². The van der Waals surface area contributed by atoms with Gasteiger partial charge in [0.25, 0.3) is 5.69 Å². The van der Waals surface area contributed by atoms with Crippen LogP contribution in [0.1, 0.15) is 27.0 Å². The van der Waals surface area contributed by atoms with E-state index in [0.717, 1.165) is 5.56 Å². The van der Waals surface area contributed by atoms with Crippen LogP contribution in [0, 0.1) is 10.1 Å². The van der Waals surface area contributed by atoms with Crippen LogP contribution in [0.2, 0.25) is 0 Å². The third kappa shape index (κ3) is 6.23. The fraction of sp³-hybridized carbons (Fsp3) is 0.0870. The average Bonchev–Trinajstić information content (AvgIpc) is 2.79. The van der Waals surface area contributed by atoms with Gasteiger partial charge in [-0.15, -0.1) is 0 Å². The van der Waals surface area contributed by atoms with Crippen LogP contribution in [-0.2, 0) is 17.8 Å². The van der Waals surface area contributed by atoms with Gasteiger partial charge < -0.3 is 9.84 Å². The molecule has 0 aliphatic rings. The van der Waals surface area contributed by atoms with Crippen LogP contribution in [0.25, 0.3) is 0 Å². The molecular formula is C23H19N3O6. The van der Waals surface area contributed by atoms with Crippen LogP contribution in [0.15, 0.2) is 77.9 Å². The Morgan fingerprint density at radius 2 is 1.81 bits per heavy atom. The molecule has 3 rings (SSSR count). The molecule has 1 amide bonds. The summed E-state index contributed by atoms with van der Waals surface area (Å²) in [5.74, 6) is -0.882. The number of hydrogen-bond acceptors (Lipinski definition) is 6. The van der Waals surface area contributed by atoms with Crippen LogP contribution in [0.5, 0.6) is 5.75 Å². The van der Waals surface area contributed by atoms with Crippen molar-refractivity contribution in [1.82, 2.24) is 5.43 Å². The molecule has 0 heterocycles. The highest BCUT2D eigenvalue weighted by atomic mass is 16.6. The Morgan fingerprint density at radius 1 is 1.06 bits per heavy atom. The van der Waals surface area contributed by atoms with E-state index in [1.165, 1.54) is 30.5 Å². The molecule has 0 aliphatic heterocycles. The summed E-state index contributed by atoms with van der Waals surface area (Å²) in [6.45, 7) is 0.218. The first-order valence-corrected chi connectivity index (χ1v) is 9.51. The van der Waals surface area contributed by atoms with E-state index in [2.05, 4.69) is 10.5 Å². The lowest BCUT2D eigenvalue weighted by molar-refractivity contribution is -0.385. The highest BCUT2D eigenvalue weighted by Gasteiger charge is 2.15. The Balaban J connectivity index is 1.51. The van der Waals surface area contributed by atoms with Crippen LogP contribution < -0.4 is 10.2 Å². The zero-order chi connectivity index (χ0) is 22.9. The van der Waals surface area contributed by atoms with Gasteiger partial charge in [-0.3, -0.25) is 14.9 Å².